The summed E-state index contributed by atoms with van der Waals surface area (Å²) in [4.78, 5) is 0. The minimum Gasteiger partial charge on any atom is -0.123 e. The molecule has 0 aromatic rings. The van der Waals surface area contributed by atoms with Crippen LogP contribution in [0.2, 0.25) is 0 Å². The molecule has 1 heteroatoms. The van der Waals surface area contributed by atoms with Crippen LogP contribution in [0.1, 0.15) is 73.1 Å². The third kappa shape index (κ3) is 9.51. The van der Waals surface area contributed by atoms with E-state index in [0.29, 0.717) is 11.3 Å². The van der Waals surface area contributed by atoms with Crippen molar-refractivity contribution in [2.45, 2.75) is 78.5 Å². The minimum absolute atomic E-state index is 0.394. The summed E-state index contributed by atoms with van der Waals surface area (Å²) < 4.78 is 0. The predicted molar refractivity (Wildman–Crippen MR) is 76.2 cm³/mol. The highest BCUT2D eigenvalue weighted by molar-refractivity contribution is 6.20. The summed E-state index contributed by atoms with van der Waals surface area (Å²) in [6, 6.07) is 0. The molecule has 2 unspecified atom stereocenters. The van der Waals surface area contributed by atoms with Gasteiger partial charge in [0.1, 0.15) is 0 Å². The van der Waals surface area contributed by atoms with Gasteiger partial charge in [-0.1, -0.05) is 60.3 Å². The van der Waals surface area contributed by atoms with Gasteiger partial charge in [-0.3, -0.25) is 0 Å². The van der Waals surface area contributed by atoms with E-state index in [0.717, 1.165) is 11.8 Å². The maximum Gasteiger partial charge on any atom is 0.0361 e. The minimum atomic E-state index is 0.394. The Morgan fingerprint density at radius 1 is 0.688 bits per heavy atom. The Morgan fingerprint density at radius 2 is 1.19 bits per heavy atom. The Kier molecular flexibility index (Phi) is 9.50. The zero-order valence-corrected chi connectivity index (χ0v) is 12.7. The van der Waals surface area contributed by atoms with Crippen LogP contribution in [0.4, 0.5) is 0 Å². The molecule has 0 heterocycles. The second-order valence-electron chi connectivity index (χ2n) is 6.14. The molecule has 0 N–H and O–H groups in total. The molecule has 0 radical (unpaired) electrons. The van der Waals surface area contributed by atoms with Crippen molar-refractivity contribution in [3.8, 4) is 0 Å². The third-order valence-electron chi connectivity index (χ3n) is 3.33. The number of alkyl halides is 1. The van der Waals surface area contributed by atoms with Crippen LogP contribution in [0.25, 0.3) is 0 Å². The first-order valence-corrected chi connectivity index (χ1v) is 7.51. The van der Waals surface area contributed by atoms with Gasteiger partial charge in [-0.2, -0.15) is 0 Å². The first kappa shape index (κ1) is 16.3. The molecular weight excluding hydrogens is 216 g/mol. The topological polar surface area (TPSA) is 0 Å². The fourth-order valence-electron chi connectivity index (χ4n) is 1.95. The van der Waals surface area contributed by atoms with Crippen LogP contribution < -0.4 is 0 Å². The quantitative estimate of drug-likeness (QED) is 0.352. The lowest BCUT2D eigenvalue weighted by Crippen LogP contribution is -2.12. The molecule has 0 aliphatic rings. The summed E-state index contributed by atoms with van der Waals surface area (Å²) in [6.45, 7) is 11.5. The van der Waals surface area contributed by atoms with Gasteiger partial charge in [0.2, 0.25) is 0 Å². The Balaban J connectivity index is 3.51. The van der Waals surface area contributed by atoms with Crippen molar-refractivity contribution in [2.24, 2.45) is 17.8 Å². The fraction of sp³-hybridized carbons (Fsp3) is 1.00. The van der Waals surface area contributed by atoms with E-state index in [-0.39, 0.29) is 0 Å². The van der Waals surface area contributed by atoms with Crippen molar-refractivity contribution in [1.82, 2.24) is 0 Å². The maximum atomic E-state index is 6.43. The SMILES string of the molecule is CC(C)CCCCC(Cl)C(C)CCC(C)C. The van der Waals surface area contributed by atoms with Crippen LogP contribution in [0.3, 0.4) is 0 Å². The second kappa shape index (κ2) is 9.33. The van der Waals surface area contributed by atoms with E-state index in [2.05, 4.69) is 34.6 Å². The lowest BCUT2D eigenvalue weighted by Gasteiger charge is -2.19. The highest BCUT2D eigenvalue weighted by Crippen LogP contribution is 2.23. The molecule has 0 rings (SSSR count). The number of hydrogen-bond acceptors (Lipinski definition) is 0. The van der Waals surface area contributed by atoms with E-state index in [9.17, 15) is 0 Å². The van der Waals surface area contributed by atoms with Crippen LogP contribution in [0.15, 0.2) is 0 Å². The Labute approximate surface area is 108 Å². The van der Waals surface area contributed by atoms with Gasteiger partial charge in [0.25, 0.3) is 0 Å². The van der Waals surface area contributed by atoms with E-state index >= 15 is 0 Å². The highest BCUT2D eigenvalue weighted by Gasteiger charge is 2.14. The average molecular weight is 247 g/mol. The predicted octanol–water partition coefficient (Wildman–Crippen LogP) is 5.88. The van der Waals surface area contributed by atoms with Crippen LogP contribution in [0.5, 0.6) is 0 Å². The van der Waals surface area contributed by atoms with Gasteiger partial charge in [-0.15, -0.1) is 11.6 Å². The molecule has 16 heavy (non-hydrogen) atoms. The van der Waals surface area contributed by atoms with Crippen LogP contribution >= 0.6 is 11.6 Å². The first-order valence-electron chi connectivity index (χ1n) is 7.07. The molecule has 98 valence electrons. The summed E-state index contributed by atoms with van der Waals surface area (Å²) in [5.41, 5.74) is 0. The van der Waals surface area contributed by atoms with E-state index < -0.39 is 0 Å². The molecule has 0 saturated carbocycles. The lowest BCUT2D eigenvalue weighted by atomic mass is 9.93. The van der Waals surface area contributed by atoms with Crippen LogP contribution in [-0.2, 0) is 0 Å². The molecule has 0 saturated heterocycles. The van der Waals surface area contributed by atoms with E-state index in [4.69, 9.17) is 11.6 Å². The molecule has 0 nitrogen and oxygen atoms in total. The van der Waals surface area contributed by atoms with Gasteiger partial charge in [0.15, 0.2) is 0 Å². The average Bonchev–Trinajstić information content (AvgIpc) is 2.20. The third-order valence-corrected chi connectivity index (χ3v) is 3.98. The van der Waals surface area contributed by atoms with E-state index in [1.165, 1.54) is 38.5 Å². The van der Waals surface area contributed by atoms with Gasteiger partial charge < -0.3 is 0 Å². The summed E-state index contributed by atoms with van der Waals surface area (Å²) in [7, 11) is 0. The molecular formula is C15H31Cl. The molecule has 2 atom stereocenters. The normalized spacial score (nSPS) is 15.8. The fourth-order valence-corrected chi connectivity index (χ4v) is 2.23. The van der Waals surface area contributed by atoms with Gasteiger partial charge in [0, 0.05) is 5.38 Å². The molecule has 0 aliphatic heterocycles. The largest absolute Gasteiger partial charge is 0.123 e. The molecule has 0 aromatic heterocycles. The highest BCUT2D eigenvalue weighted by atomic mass is 35.5. The Bertz CT molecular complexity index is 152. The smallest absolute Gasteiger partial charge is 0.0361 e. The second-order valence-corrected chi connectivity index (χ2v) is 6.70. The first-order chi connectivity index (χ1) is 7.43. The van der Waals surface area contributed by atoms with E-state index in [1.54, 1.807) is 0 Å². The monoisotopic (exact) mass is 246 g/mol. The summed E-state index contributed by atoms with van der Waals surface area (Å²) >= 11 is 6.43. The molecule has 0 amide bonds. The van der Waals surface area contributed by atoms with Gasteiger partial charge in [-0.05, 0) is 30.6 Å². The van der Waals surface area contributed by atoms with Crippen molar-refractivity contribution in [3.05, 3.63) is 0 Å². The van der Waals surface area contributed by atoms with Gasteiger partial charge >= 0.3 is 0 Å². The molecule has 0 bridgehead atoms. The number of rotatable bonds is 9. The van der Waals surface area contributed by atoms with Crippen LogP contribution in [-0.4, -0.2) is 5.38 Å². The number of unbranched alkanes of at least 4 members (excludes halogenated alkanes) is 1. The van der Waals surface area contributed by atoms with Crippen LogP contribution in [0, 0.1) is 17.8 Å². The van der Waals surface area contributed by atoms with Crippen molar-refractivity contribution in [2.75, 3.05) is 0 Å². The molecule has 0 aliphatic carbocycles. The van der Waals surface area contributed by atoms with Crippen molar-refractivity contribution >= 4 is 11.6 Å². The standard InChI is InChI=1S/C15H31Cl/c1-12(2)8-6-7-9-15(16)14(5)11-10-13(3)4/h12-15H,6-11H2,1-5H3. The van der Waals surface area contributed by atoms with Crippen molar-refractivity contribution in [3.63, 3.8) is 0 Å². The molecule has 0 aromatic carbocycles. The van der Waals surface area contributed by atoms with Crippen molar-refractivity contribution < 1.29 is 0 Å². The summed E-state index contributed by atoms with van der Waals surface area (Å²) in [6.07, 6.45) is 7.81. The summed E-state index contributed by atoms with van der Waals surface area (Å²) in [5.74, 6) is 2.34. The van der Waals surface area contributed by atoms with Crippen molar-refractivity contribution in [1.29, 1.82) is 0 Å². The number of halogens is 1. The molecule has 0 fully saturated rings. The molecule has 0 spiro atoms. The Morgan fingerprint density at radius 3 is 1.69 bits per heavy atom. The Hall–Kier alpha value is 0.290. The maximum absolute atomic E-state index is 6.43. The lowest BCUT2D eigenvalue weighted by molar-refractivity contribution is 0.412. The van der Waals surface area contributed by atoms with E-state index in [1.807, 2.05) is 0 Å². The summed E-state index contributed by atoms with van der Waals surface area (Å²) in [5, 5.41) is 0.394. The zero-order chi connectivity index (χ0) is 12.6. The van der Waals surface area contributed by atoms with Gasteiger partial charge in [-0.25, -0.2) is 0 Å². The van der Waals surface area contributed by atoms with Gasteiger partial charge in [0.05, 0.1) is 0 Å². The number of hydrogen-bond donors (Lipinski definition) is 0. The zero-order valence-electron chi connectivity index (χ0n) is 11.9.